The van der Waals surface area contributed by atoms with Crippen molar-refractivity contribution in [3.05, 3.63) is 54.6 Å². The van der Waals surface area contributed by atoms with Gasteiger partial charge >= 0.3 is 0 Å². The van der Waals surface area contributed by atoms with Gasteiger partial charge in [0.25, 0.3) is 0 Å². The topological polar surface area (TPSA) is 76.5 Å². The van der Waals surface area contributed by atoms with E-state index < -0.39 is 0 Å². The standard InChI is InChI=1S/C28H34N4O3/c33-26(17-20-35-23-11-5-2-6-12-23)31-18-15-21(16-19-31)27(34)30-28-29-24-13-7-8-14-25(24)32(28)22-9-3-1-4-10-22/h2,5-8,11-14,21-22H,1,3-4,9-10,15-20H2,(H,29,30,34). The van der Waals surface area contributed by atoms with E-state index in [-0.39, 0.29) is 17.7 Å². The van der Waals surface area contributed by atoms with Crippen LogP contribution in [0.1, 0.15) is 57.4 Å². The molecule has 0 radical (unpaired) electrons. The van der Waals surface area contributed by atoms with Gasteiger partial charge in [0.1, 0.15) is 5.75 Å². The number of benzene rings is 2. The maximum absolute atomic E-state index is 13.2. The van der Waals surface area contributed by atoms with E-state index in [1.807, 2.05) is 53.4 Å². The Morgan fingerprint density at radius 2 is 1.63 bits per heavy atom. The van der Waals surface area contributed by atoms with Gasteiger partial charge in [-0.3, -0.25) is 14.9 Å². The quantitative estimate of drug-likeness (QED) is 0.511. The van der Waals surface area contributed by atoms with E-state index in [0.29, 0.717) is 50.9 Å². The van der Waals surface area contributed by atoms with E-state index in [2.05, 4.69) is 16.0 Å². The summed E-state index contributed by atoms with van der Waals surface area (Å²) in [5, 5.41) is 3.15. The van der Waals surface area contributed by atoms with Crippen molar-refractivity contribution >= 4 is 28.8 Å². The number of anilines is 1. The highest BCUT2D eigenvalue weighted by Gasteiger charge is 2.29. The fraction of sp³-hybridized carbons (Fsp3) is 0.464. The minimum absolute atomic E-state index is 0.0110. The molecule has 5 rings (SSSR count). The number of carbonyl (C=O) groups is 2. The van der Waals surface area contributed by atoms with Crippen LogP contribution >= 0.6 is 0 Å². The second kappa shape index (κ2) is 10.9. The summed E-state index contributed by atoms with van der Waals surface area (Å²) in [7, 11) is 0. The van der Waals surface area contributed by atoms with Crippen LogP contribution in [0.3, 0.4) is 0 Å². The molecular formula is C28H34N4O3. The van der Waals surface area contributed by atoms with Gasteiger partial charge in [-0.05, 0) is 49.9 Å². The Hall–Kier alpha value is -3.35. The van der Waals surface area contributed by atoms with E-state index in [9.17, 15) is 9.59 Å². The molecule has 1 aliphatic heterocycles. The van der Waals surface area contributed by atoms with Crippen molar-refractivity contribution in [3.8, 4) is 5.75 Å². The number of nitrogens with one attached hydrogen (secondary N) is 1. The lowest BCUT2D eigenvalue weighted by atomic mass is 9.95. The van der Waals surface area contributed by atoms with Gasteiger partial charge in [-0.15, -0.1) is 0 Å². The molecule has 2 heterocycles. The molecule has 7 heteroatoms. The van der Waals surface area contributed by atoms with Gasteiger partial charge < -0.3 is 14.2 Å². The number of amides is 2. The Morgan fingerprint density at radius 1 is 0.914 bits per heavy atom. The van der Waals surface area contributed by atoms with Crippen molar-refractivity contribution < 1.29 is 14.3 Å². The number of aromatic nitrogens is 2. The number of hydrogen-bond acceptors (Lipinski definition) is 4. The molecule has 1 aliphatic carbocycles. The molecule has 0 bridgehead atoms. The second-order valence-corrected chi connectivity index (χ2v) is 9.64. The van der Waals surface area contributed by atoms with E-state index in [4.69, 9.17) is 9.72 Å². The first kappa shape index (κ1) is 23.4. The van der Waals surface area contributed by atoms with Gasteiger partial charge in [-0.2, -0.15) is 0 Å². The predicted molar refractivity (Wildman–Crippen MR) is 136 cm³/mol. The molecular weight excluding hydrogens is 440 g/mol. The molecule has 7 nitrogen and oxygen atoms in total. The van der Waals surface area contributed by atoms with E-state index in [1.54, 1.807) is 0 Å². The number of piperidine rings is 1. The van der Waals surface area contributed by atoms with Crippen LogP contribution in [0.5, 0.6) is 5.75 Å². The average molecular weight is 475 g/mol. The smallest absolute Gasteiger partial charge is 0.229 e. The van der Waals surface area contributed by atoms with Crippen molar-refractivity contribution in [1.82, 2.24) is 14.5 Å². The van der Waals surface area contributed by atoms with Crippen molar-refractivity contribution in [1.29, 1.82) is 0 Å². The molecule has 1 N–H and O–H groups in total. The third-order valence-electron chi connectivity index (χ3n) is 7.32. The van der Waals surface area contributed by atoms with Gasteiger partial charge in [0, 0.05) is 25.0 Å². The lowest BCUT2D eigenvalue weighted by Gasteiger charge is -2.31. The summed E-state index contributed by atoms with van der Waals surface area (Å²) < 4.78 is 7.91. The number of likely N-dealkylation sites (tertiary alicyclic amines) is 1. The van der Waals surface area contributed by atoms with Crippen molar-refractivity contribution in [2.75, 3.05) is 25.0 Å². The number of carbonyl (C=O) groups excluding carboxylic acids is 2. The van der Waals surface area contributed by atoms with Crippen LogP contribution in [0.25, 0.3) is 11.0 Å². The highest BCUT2D eigenvalue weighted by atomic mass is 16.5. The zero-order valence-electron chi connectivity index (χ0n) is 20.2. The lowest BCUT2D eigenvalue weighted by Crippen LogP contribution is -2.42. The first-order chi connectivity index (χ1) is 17.2. The summed E-state index contributed by atoms with van der Waals surface area (Å²) in [6.07, 6.45) is 7.63. The Morgan fingerprint density at radius 3 is 2.40 bits per heavy atom. The van der Waals surface area contributed by atoms with Crippen LogP contribution in [0.2, 0.25) is 0 Å². The van der Waals surface area contributed by atoms with Crippen LogP contribution < -0.4 is 10.1 Å². The minimum atomic E-state index is -0.112. The Bertz CT molecular complexity index is 1150. The average Bonchev–Trinajstić information content (AvgIpc) is 3.27. The van der Waals surface area contributed by atoms with Gasteiger partial charge in [0.15, 0.2) is 0 Å². The summed E-state index contributed by atoms with van der Waals surface area (Å²) in [5.74, 6) is 1.42. The van der Waals surface area contributed by atoms with Crippen LogP contribution in [-0.2, 0) is 9.59 Å². The van der Waals surface area contributed by atoms with Gasteiger partial charge in [0.05, 0.1) is 24.1 Å². The molecule has 0 atom stereocenters. The normalized spacial score (nSPS) is 17.4. The third kappa shape index (κ3) is 5.50. The van der Waals surface area contributed by atoms with Crippen molar-refractivity contribution in [2.24, 2.45) is 5.92 Å². The first-order valence-electron chi connectivity index (χ1n) is 12.9. The number of imidazole rings is 1. The summed E-state index contributed by atoms with van der Waals surface area (Å²) in [4.78, 5) is 32.4. The first-order valence-corrected chi connectivity index (χ1v) is 12.9. The Kier molecular flexibility index (Phi) is 7.31. The molecule has 1 saturated carbocycles. The van der Waals surface area contributed by atoms with Gasteiger partial charge in [-0.25, -0.2) is 4.98 Å². The van der Waals surface area contributed by atoms with Crippen LogP contribution in [0.4, 0.5) is 5.95 Å². The molecule has 2 fully saturated rings. The molecule has 1 aromatic heterocycles. The second-order valence-electron chi connectivity index (χ2n) is 9.64. The summed E-state index contributed by atoms with van der Waals surface area (Å²) in [6.45, 7) is 1.56. The maximum Gasteiger partial charge on any atom is 0.229 e. The number of fused-ring (bicyclic) bond motifs is 1. The SMILES string of the molecule is O=C(Nc1nc2ccccc2n1C1CCCCC1)C1CCN(C(=O)CCOc2ccccc2)CC1. The molecule has 0 unspecified atom stereocenters. The number of rotatable bonds is 7. The number of nitrogens with zero attached hydrogens (tertiary/aromatic N) is 3. The number of hydrogen-bond donors (Lipinski definition) is 1. The number of para-hydroxylation sites is 3. The molecule has 2 amide bonds. The highest BCUT2D eigenvalue weighted by molar-refractivity contribution is 5.93. The number of ether oxygens (including phenoxy) is 1. The maximum atomic E-state index is 13.2. The fourth-order valence-corrected chi connectivity index (χ4v) is 5.38. The molecule has 2 aliphatic rings. The van der Waals surface area contributed by atoms with Gasteiger partial charge in [-0.1, -0.05) is 49.6 Å². The van der Waals surface area contributed by atoms with Crippen LogP contribution in [0, 0.1) is 5.92 Å². The molecule has 0 spiro atoms. The van der Waals surface area contributed by atoms with Crippen molar-refractivity contribution in [2.45, 2.75) is 57.4 Å². The minimum Gasteiger partial charge on any atom is -0.493 e. The molecule has 2 aromatic carbocycles. The predicted octanol–water partition coefficient (Wildman–Crippen LogP) is 5.19. The highest BCUT2D eigenvalue weighted by Crippen LogP contribution is 2.34. The summed E-state index contributed by atoms with van der Waals surface area (Å²) in [6, 6.07) is 18.0. The Balaban J connectivity index is 1.16. The molecule has 184 valence electrons. The van der Waals surface area contributed by atoms with Crippen molar-refractivity contribution in [3.63, 3.8) is 0 Å². The molecule has 35 heavy (non-hydrogen) atoms. The van der Waals surface area contributed by atoms with E-state index in [1.165, 1.54) is 19.3 Å². The Labute approximate surface area is 206 Å². The third-order valence-corrected chi connectivity index (χ3v) is 7.32. The summed E-state index contributed by atoms with van der Waals surface area (Å²) in [5.41, 5.74) is 2.01. The summed E-state index contributed by atoms with van der Waals surface area (Å²) >= 11 is 0. The largest absolute Gasteiger partial charge is 0.493 e. The zero-order chi connectivity index (χ0) is 24.0. The monoisotopic (exact) mass is 474 g/mol. The van der Waals surface area contributed by atoms with E-state index >= 15 is 0 Å². The van der Waals surface area contributed by atoms with E-state index in [0.717, 1.165) is 29.6 Å². The molecule has 3 aromatic rings. The van der Waals surface area contributed by atoms with Crippen LogP contribution in [0.15, 0.2) is 54.6 Å². The molecule has 1 saturated heterocycles. The lowest BCUT2D eigenvalue weighted by molar-refractivity contribution is -0.135. The fourth-order valence-electron chi connectivity index (χ4n) is 5.38. The van der Waals surface area contributed by atoms with Gasteiger partial charge in [0.2, 0.25) is 17.8 Å². The zero-order valence-corrected chi connectivity index (χ0v) is 20.2. The van der Waals surface area contributed by atoms with Crippen LogP contribution in [-0.4, -0.2) is 46.0 Å².